The first-order chi connectivity index (χ1) is 6.15. The summed E-state index contributed by atoms with van der Waals surface area (Å²) >= 11 is 0. The third-order valence-corrected chi connectivity index (χ3v) is 1.34. The maximum Gasteiger partial charge on any atom is 0.183 e. The fourth-order valence-corrected chi connectivity index (χ4v) is 0.764. The lowest BCUT2D eigenvalue weighted by Gasteiger charge is -2.01. The number of hydrogen-bond acceptors (Lipinski definition) is 4. The van der Waals surface area contributed by atoms with E-state index in [4.69, 9.17) is 0 Å². The Morgan fingerprint density at radius 3 is 2.77 bits per heavy atom. The van der Waals surface area contributed by atoms with E-state index >= 15 is 0 Å². The summed E-state index contributed by atoms with van der Waals surface area (Å²) in [7, 11) is 5.37. The van der Waals surface area contributed by atoms with Crippen LogP contribution in [-0.2, 0) is 7.05 Å². The standard InChI is InChI=1S/C7H11N5O/c1-11(2)5-8-7-6(4-13)9-10-12(7)3/h4-5H,1-3H3/b8-5+. The average molecular weight is 181 g/mol. The van der Waals surface area contributed by atoms with Crippen LogP contribution in [0.5, 0.6) is 0 Å². The van der Waals surface area contributed by atoms with E-state index in [1.54, 1.807) is 18.3 Å². The van der Waals surface area contributed by atoms with Crippen LogP contribution < -0.4 is 0 Å². The lowest BCUT2D eigenvalue weighted by atomic mass is 10.5. The van der Waals surface area contributed by atoms with Crippen molar-refractivity contribution in [1.82, 2.24) is 19.9 Å². The van der Waals surface area contributed by atoms with Gasteiger partial charge < -0.3 is 4.90 Å². The molecular weight excluding hydrogens is 170 g/mol. The molecule has 0 saturated heterocycles. The molecule has 13 heavy (non-hydrogen) atoms. The lowest BCUT2D eigenvalue weighted by Crippen LogP contribution is -2.07. The van der Waals surface area contributed by atoms with Gasteiger partial charge in [0.2, 0.25) is 0 Å². The summed E-state index contributed by atoms with van der Waals surface area (Å²) in [6.07, 6.45) is 2.22. The van der Waals surface area contributed by atoms with Gasteiger partial charge in [0.05, 0.1) is 6.34 Å². The molecule has 0 atom stereocenters. The van der Waals surface area contributed by atoms with Crippen LogP contribution in [-0.4, -0.2) is 46.6 Å². The van der Waals surface area contributed by atoms with Crippen LogP contribution in [0.3, 0.4) is 0 Å². The fraction of sp³-hybridized carbons (Fsp3) is 0.429. The summed E-state index contributed by atoms with van der Waals surface area (Å²) in [5.41, 5.74) is 0.251. The Balaban J connectivity index is 2.98. The SMILES string of the molecule is CN(C)/C=N/c1c(C=O)nnn1C. The van der Waals surface area contributed by atoms with Crippen LogP contribution >= 0.6 is 0 Å². The summed E-state index contributed by atoms with van der Waals surface area (Å²) in [5.74, 6) is 0.462. The Hall–Kier alpha value is -1.72. The molecule has 0 radical (unpaired) electrons. The minimum Gasteiger partial charge on any atom is -0.369 e. The number of hydrogen-bond donors (Lipinski definition) is 0. The first kappa shape index (κ1) is 9.37. The number of carbonyl (C=O) groups excluding carboxylic acids is 1. The Bertz CT molecular complexity index is 328. The quantitative estimate of drug-likeness (QED) is 0.369. The van der Waals surface area contributed by atoms with Crippen molar-refractivity contribution in [3.05, 3.63) is 5.69 Å². The maximum absolute atomic E-state index is 10.5. The van der Waals surface area contributed by atoms with E-state index in [2.05, 4.69) is 15.3 Å². The predicted molar refractivity (Wildman–Crippen MR) is 48.2 cm³/mol. The minimum atomic E-state index is 0.251. The smallest absolute Gasteiger partial charge is 0.183 e. The van der Waals surface area contributed by atoms with E-state index in [1.165, 1.54) is 4.68 Å². The van der Waals surface area contributed by atoms with Gasteiger partial charge in [-0.2, -0.15) is 0 Å². The van der Waals surface area contributed by atoms with Crippen LogP contribution in [0.25, 0.3) is 0 Å². The molecule has 0 aliphatic rings. The first-order valence-corrected chi connectivity index (χ1v) is 3.70. The molecule has 1 aromatic rings. The molecule has 0 aromatic carbocycles. The highest BCUT2D eigenvalue weighted by molar-refractivity contribution is 5.79. The summed E-state index contributed by atoms with van der Waals surface area (Å²) in [4.78, 5) is 16.3. The molecule has 6 nitrogen and oxygen atoms in total. The second kappa shape index (κ2) is 3.79. The zero-order valence-corrected chi connectivity index (χ0v) is 7.80. The highest BCUT2D eigenvalue weighted by atomic mass is 16.1. The van der Waals surface area contributed by atoms with Crippen molar-refractivity contribution in [1.29, 1.82) is 0 Å². The molecule has 0 saturated carbocycles. The highest BCUT2D eigenvalue weighted by Gasteiger charge is 2.06. The van der Waals surface area contributed by atoms with Gasteiger partial charge in [0.1, 0.15) is 0 Å². The van der Waals surface area contributed by atoms with Gasteiger partial charge in [0, 0.05) is 21.1 Å². The molecule has 0 unspecified atom stereocenters. The topological polar surface area (TPSA) is 63.4 Å². The molecule has 1 heterocycles. The van der Waals surface area contributed by atoms with Crippen molar-refractivity contribution in [3.63, 3.8) is 0 Å². The minimum absolute atomic E-state index is 0.251. The van der Waals surface area contributed by atoms with Crippen LogP contribution in [0.4, 0.5) is 5.82 Å². The Morgan fingerprint density at radius 2 is 2.23 bits per heavy atom. The molecular formula is C7H11N5O. The number of carbonyl (C=O) groups is 1. The highest BCUT2D eigenvalue weighted by Crippen LogP contribution is 2.11. The van der Waals surface area contributed by atoms with Crippen LogP contribution in [0, 0.1) is 0 Å². The molecule has 0 aliphatic carbocycles. The van der Waals surface area contributed by atoms with Crippen molar-refractivity contribution in [2.45, 2.75) is 0 Å². The van der Waals surface area contributed by atoms with Crippen molar-refractivity contribution < 1.29 is 4.79 Å². The van der Waals surface area contributed by atoms with Gasteiger partial charge in [-0.05, 0) is 0 Å². The van der Waals surface area contributed by atoms with Crippen LogP contribution in [0.1, 0.15) is 10.5 Å². The van der Waals surface area contributed by atoms with Crippen molar-refractivity contribution in [2.75, 3.05) is 14.1 Å². The zero-order valence-electron chi connectivity index (χ0n) is 7.80. The second-order valence-electron chi connectivity index (χ2n) is 2.75. The number of aldehydes is 1. The van der Waals surface area contributed by atoms with Crippen molar-refractivity contribution in [3.8, 4) is 0 Å². The van der Waals surface area contributed by atoms with E-state index in [0.29, 0.717) is 12.1 Å². The van der Waals surface area contributed by atoms with E-state index in [0.717, 1.165) is 0 Å². The van der Waals surface area contributed by atoms with Crippen molar-refractivity contribution >= 4 is 18.4 Å². The third-order valence-electron chi connectivity index (χ3n) is 1.34. The number of nitrogens with zero attached hydrogens (tertiary/aromatic N) is 5. The van der Waals surface area contributed by atoms with E-state index < -0.39 is 0 Å². The molecule has 1 aromatic heterocycles. The maximum atomic E-state index is 10.5. The largest absolute Gasteiger partial charge is 0.369 e. The number of aliphatic imine (C=N–C) groups is 1. The van der Waals surface area contributed by atoms with Gasteiger partial charge in [-0.3, -0.25) is 4.79 Å². The van der Waals surface area contributed by atoms with Gasteiger partial charge in [-0.1, -0.05) is 5.21 Å². The Morgan fingerprint density at radius 1 is 1.54 bits per heavy atom. The fourth-order valence-electron chi connectivity index (χ4n) is 0.764. The van der Waals surface area contributed by atoms with Gasteiger partial charge >= 0.3 is 0 Å². The molecule has 0 aliphatic heterocycles. The molecule has 0 spiro atoms. The number of rotatable bonds is 3. The summed E-state index contributed by atoms with van der Waals surface area (Å²) in [6.45, 7) is 0. The van der Waals surface area contributed by atoms with Crippen LogP contribution in [0.15, 0.2) is 4.99 Å². The number of aryl methyl sites for hydroxylation is 1. The van der Waals surface area contributed by atoms with Gasteiger partial charge in [0.25, 0.3) is 0 Å². The summed E-state index contributed by atoms with van der Waals surface area (Å²) in [6, 6.07) is 0. The zero-order chi connectivity index (χ0) is 9.84. The third kappa shape index (κ3) is 2.11. The predicted octanol–water partition coefficient (Wildman–Crippen LogP) is -0.151. The van der Waals surface area contributed by atoms with E-state index in [1.807, 2.05) is 14.1 Å². The summed E-state index contributed by atoms with van der Waals surface area (Å²) in [5, 5.41) is 7.29. The Labute approximate surface area is 75.9 Å². The number of aromatic nitrogens is 3. The molecule has 6 heteroatoms. The van der Waals surface area contributed by atoms with Gasteiger partial charge in [-0.25, -0.2) is 9.67 Å². The van der Waals surface area contributed by atoms with E-state index in [9.17, 15) is 4.79 Å². The Kier molecular flexibility index (Phi) is 2.73. The first-order valence-electron chi connectivity index (χ1n) is 3.70. The molecule has 1 rings (SSSR count). The lowest BCUT2D eigenvalue weighted by molar-refractivity contribution is 0.111. The van der Waals surface area contributed by atoms with E-state index in [-0.39, 0.29) is 5.69 Å². The normalized spacial score (nSPS) is 10.7. The molecule has 0 bridgehead atoms. The second-order valence-corrected chi connectivity index (χ2v) is 2.75. The van der Waals surface area contributed by atoms with Crippen LogP contribution in [0.2, 0.25) is 0 Å². The van der Waals surface area contributed by atoms with Gasteiger partial charge in [-0.15, -0.1) is 5.10 Å². The monoisotopic (exact) mass is 181 g/mol. The molecule has 0 fully saturated rings. The summed E-state index contributed by atoms with van der Waals surface area (Å²) < 4.78 is 1.45. The van der Waals surface area contributed by atoms with Crippen molar-refractivity contribution in [2.24, 2.45) is 12.0 Å². The average Bonchev–Trinajstić information content (AvgIpc) is 2.43. The molecule has 0 N–H and O–H groups in total. The van der Waals surface area contributed by atoms with Gasteiger partial charge in [0.15, 0.2) is 17.8 Å². The molecule has 70 valence electrons. The molecule has 0 amide bonds.